The van der Waals surface area contributed by atoms with Crippen molar-refractivity contribution in [1.82, 2.24) is 0 Å². The second kappa shape index (κ2) is 9.40. The summed E-state index contributed by atoms with van der Waals surface area (Å²) in [6.45, 7) is 9.40. The number of benzene rings is 1. The van der Waals surface area contributed by atoms with Gasteiger partial charge in [0.15, 0.2) is 17.3 Å². The Labute approximate surface area is 127 Å². The molecular weight excluding hydrogens is 268 g/mol. The van der Waals surface area contributed by atoms with E-state index in [2.05, 4.69) is 0 Å². The van der Waals surface area contributed by atoms with Gasteiger partial charge in [-0.05, 0) is 45.4 Å². The van der Waals surface area contributed by atoms with E-state index >= 15 is 0 Å². The summed E-state index contributed by atoms with van der Waals surface area (Å²) in [7, 11) is 0. The Morgan fingerprint density at radius 3 is 2.24 bits per heavy atom. The third kappa shape index (κ3) is 5.05. The highest BCUT2D eigenvalue weighted by Gasteiger charge is 2.21. The highest BCUT2D eigenvalue weighted by atomic mass is 16.5. The Kier molecular flexibility index (Phi) is 7.83. The van der Waals surface area contributed by atoms with Crippen LogP contribution in [-0.4, -0.2) is 31.7 Å². The van der Waals surface area contributed by atoms with Gasteiger partial charge in [-0.25, -0.2) is 0 Å². The zero-order chi connectivity index (χ0) is 15.7. The highest BCUT2D eigenvalue weighted by molar-refractivity contribution is 6.00. The quantitative estimate of drug-likeness (QED) is 0.614. The van der Waals surface area contributed by atoms with Crippen LogP contribution in [0.15, 0.2) is 18.2 Å². The molecular formula is C17H26O4. The summed E-state index contributed by atoms with van der Waals surface area (Å²) >= 11 is 0. The van der Waals surface area contributed by atoms with Crippen molar-refractivity contribution in [3.05, 3.63) is 23.8 Å². The predicted octanol–water partition coefficient (Wildman–Crippen LogP) is 3.87. The molecule has 0 aliphatic rings. The van der Waals surface area contributed by atoms with Gasteiger partial charge in [0, 0.05) is 12.2 Å². The lowest BCUT2D eigenvalue weighted by Crippen LogP contribution is -2.24. The fourth-order valence-corrected chi connectivity index (χ4v) is 2.14. The number of ether oxygens (including phenoxy) is 3. The van der Waals surface area contributed by atoms with Gasteiger partial charge in [-0.1, -0.05) is 13.3 Å². The van der Waals surface area contributed by atoms with Crippen molar-refractivity contribution in [3.8, 4) is 11.5 Å². The molecule has 0 fully saturated rings. The predicted molar refractivity (Wildman–Crippen MR) is 83.4 cm³/mol. The van der Waals surface area contributed by atoms with E-state index in [0.717, 1.165) is 12.8 Å². The standard InChI is InChI=1S/C17H26O4/c1-5-9-15(20-7-3)17(18)13-10-11-14(19-6-2)16(12-13)21-8-4/h10-12,15H,5-9H2,1-4H3. The van der Waals surface area contributed by atoms with Gasteiger partial charge in [-0.2, -0.15) is 0 Å². The van der Waals surface area contributed by atoms with Gasteiger partial charge in [0.25, 0.3) is 0 Å². The van der Waals surface area contributed by atoms with Crippen LogP contribution < -0.4 is 9.47 Å². The van der Waals surface area contributed by atoms with Gasteiger partial charge < -0.3 is 14.2 Å². The van der Waals surface area contributed by atoms with Crippen molar-refractivity contribution in [1.29, 1.82) is 0 Å². The molecule has 0 saturated carbocycles. The SMILES string of the molecule is CCCC(OCC)C(=O)c1ccc(OCC)c(OCC)c1. The van der Waals surface area contributed by atoms with Crippen molar-refractivity contribution in [2.45, 2.75) is 46.6 Å². The summed E-state index contributed by atoms with van der Waals surface area (Å²) in [5.41, 5.74) is 0.605. The summed E-state index contributed by atoms with van der Waals surface area (Å²) in [6.07, 6.45) is 1.25. The number of rotatable bonds is 10. The third-order valence-corrected chi connectivity index (χ3v) is 3.04. The monoisotopic (exact) mass is 294 g/mol. The van der Waals surface area contributed by atoms with Gasteiger partial charge in [0.05, 0.1) is 13.2 Å². The summed E-state index contributed by atoms with van der Waals surface area (Å²) in [5.74, 6) is 1.28. The molecule has 0 N–H and O–H groups in total. The van der Waals surface area contributed by atoms with Gasteiger partial charge in [0.2, 0.25) is 0 Å². The molecule has 1 atom stereocenters. The van der Waals surface area contributed by atoms with Crippen molar-refractivity contribution in [2.24, 2.45) is 0 Å². The van der Waals surface area contributed by atoms with Crippen LogP contribution in [0.2, 0.25) is 0 Å². The first-order valence-electron chi connectivity index (χ1n) is 7.73. The van der Waals surface area contributed by atoms with E-state index in [9.17, 15) is 4.79 Å². The summed E-state index contributed by atoms with van der Waals surface area (Å²) in [5, 5.41) is 0. The van der Waals surface area contributed by atoms with E-state index in [0.29, 0.717) is 36.9 Å². The van der Waals surface area contributed by atoms with E-state index in [1.165, 1.54) is 0 Å². The summed E-state index contributed by atoms with van der Waals surface area (Å²) < 4.78 is 16.6. The normalized spacial score (nSPS) is 12.0. The average Bonchev–Trinajstić information content (AvgIpc) is 2.48. The van der Waals surface area contributed by atoms with E-state index in [1.807, 2.05) is 27.7 Å². The van der Waals surface area contributed by atoms with Gasteiger partial charge in [0.1, 0.15) is 6.10 Å². The van der Waals surface area contributed by atoms with Crippen LogP contribution in [0, 0.1) is 0 Å². The molecule has 1 rings (SSSR count). The molecule has 4 heteroatoms. The topological polar surface area (TPSA) is 44.8 Å². The molecule has 0 heterocycles. The number of carbonyl (C=O) groups excluding carboxylic acids is 1. The molecule has 0 aromatic heterocycles. The average molecular weight is 294 g/mol. The minimum atomic E-state index is -0.382. The number of hydrogen-bond acceptors (Lipinski definition) is 4. The number of ketones is 1. The first kappa shape index (κ1) is 17.5. The molecule has 0 saturated heterocycles. The molecule has 1 aromatic carbocycles. The van der Waals surface area contributed by atoms with Crippen LogP contribution in [0.1, 0.15) is 50.9 Å². The minimum Gasteiger partial charge on any atom is -0.490 e. The van der Waals surface area contributed by atoms with Crippen molar-refractivity contribution < 1.29 is 19.0 Å². The first-order valence-corrected chi connectivity index (χ1v) is 7.73. The van der Waals surface area contributed by atoms with Crippen LogP contribution in [0.5, 0.6) is 11.5 Å². The molecule has 0 aliphatic heterocycles. The van der Waals surface area contributed by atoms with Gasteiger partial charge >= 0.3 is 0 Å². The van der Waals surface area contributed by atoms with Gasteiger partial charge in [-0.3, -0.25) is 4.79 Å². The Balaban J connectivity index is 3.00. The fraction of sp³-hybridized carbons (Fsp3) is 0.588. The molecule has 0 radical (unpaired) electrons. The zero-order valence-electron chi connectivity index (χ0n) is 13.5. The highest BCUT2D eigenvalue weighted by Crippen LogP contribution is 2.29. The largest absolute Gasteiger partial charge is 0.490 e. The molecule has 0 bridgehead atoms. The number of Topliss-reactive ketones (excluding diaryl/α,β-unsaturated/α-hetero) is 1. The van der Waals surface area contributed by atoms with Crippen LogP contribution in [-0.2, 0) is 4.74 Å². The van der Waals surface area contributed by atoms with Gasteiger partial charge in [-0.15, -0.1) is 0 Å². The van der Waals surface area contributed by atoms with E-state index in [1.54, 1.807) is 18.2 Å². The summed E-state index contributed by atoms with van der Waals surface area (Å²) in [4.78, 5) is 12.5. The Morgan fingerprint density at radius 1 is 1.00 bits per heavy atom. The Bertz CT molecular complexity index is 436. The summed E-state index contributed by atoms with van der Waals surface area (Å²) in [6, 6.07) is 5.31. The number of hydrogen-bond donors (Lipinski definition) is 0. The molecule has 21 heavy (non-hydrogen) atoms. The molecule has 1 unspecified atom stereocenters. The second-order valence-corrected chi connectivity index (χ2v) is 4.62. The zero-order valence-corrected chi connectivity index (χ0v) is 13.5. The van der Waals surface area contributed by atoms with Crippen LogP contribution in [0.3, 0.4) is 0 Å². The van der Waals surface area contributed by atoms with Crippen LogP contribution in [0.4, 0.5) is 0 Å². The first-order chi connectivity index (χ1) is 10.2. The maximum absolute atomic E-state index is 12.5. The van der Waals surface area contributed by atoms with Crippen LogP contribution in [0.25, 0.3) is 0 Å². The molecule has 0 amide bonds. The molecule has 0 spiro atoms. The van der Waals surface area contributed by atoms with E-state index in [4.69, 9.17) is 14.2 Å². The van der Waals surface area contributed by atoms with Crippen molar-refractivity contribution in [3.63, 3.8) is 0 Å². The molecule has 1 aromatic rings. The van der Waals surface area contributed by atoms with Crippen molar-refractivity contribution >= 4 is 5.78 Å². The number of carbonyl (C=O) groups is 1. The Hall–Kier alpha value is -1.55. The van der Waals surface area contributed by atoms with Crippen molar-refractivity contribution in [2.75, 3.05) is 19.8 Å². The second-order valence-electron chi connectivity index (χ2n) is 4.62. The third-order valence-electron chi connectivity index (χ3n) is 3.04. The lowest BCUT2D eigenvalue weighted by molar-refractivity contribution is 0.0423. The van der Waals surface area contributed by atoms with E-state index < -0.39 is 0 Å². The fourth-order valence-electron chi connectivity index (χ4n) is 2.14. The van der Waals surface area contributed by atoms with E-state index in [-0.39, 0.29) is 11.9 Å². The molecule has 118 valence electrons. The maximum atomic E-state index is 12.5. The Morgan fingerprint density at radius 2 is 1.67 bits per heavy atom. The smallest absolute Gasteiger partial charge is 0.191 e. The maximum Gasteiger partial charge on any atom is 0.191 e. The minimum absolute atomic E-state index is 0.00250. The van der Waals surface area contributed by atoms with Crippen LogP contribution >= 0.6 is 0 Å². The molecule has 0 aliphatic carbocycles. The molecule has 4 nitrogen and oxygen atoms in total. The lowest BCUT2D eigenvalue weighted by atomic mass is 10.0. The lowest BCUT2D eigenvalue weighted by Gasteiger charge is -2.17.